The maximum Gasteiger partial charge on any atom is 0.404 e. The lowest BCUT2D eigenvalue weighted by Gasteiger charge is -2.27. The molecule has 0 aliphatic heterocycles. The van der Waals surface area contributed by atoms with Gasteiger partial charge in [0.05, 0.1) is 6.61 Å². The van der Waals surface area contributed by atoms with Crippen LogP contribution in [0.4, 0.5) is 4.79 Å². The maximum absolute atomic E-state index is 10.6. The molecule has 0 aromatic heterocycles. The number of unbranched alkanes of at least 4 members (excludes halogenated alkanes) is 1. The van der Waals surface area contributed by atoms with Crippen molar-refractivity contribution >= 4 is 6.09 Å². The van der Waals surface area contributed by atoms with Crippen LogP contribution in [0, 0.1) is 5.92 Å². The van der Waals surface area contributed by atoms with Gasteiger partial charge in [0.15, 0.2) is 0 Å². The molecule has 4 heteroatoms. The predicted molar refractivity (Wildman–Crippen MR) is 75.5 cm³/mol. The number of hydrogen-bond acceptors (Lipinski definition) is 3. The molecule has 0 bridgehead atoms. The average molecular weight is 258 g/mol. The summed E-state index contributed by atoms with van der Waals surface area (Å²) >= 11 is 0. The first kappa shape index (κ1) is 17.2. The van der Waals surface area contributed by atoms with Crippen LogP contribution in [0.3, 0.4) is 0 Å². The molecule has 0 rings (SSSR count). The molecule has 0 spiro atoms. The molecule has 0 heterocycles. The lowest BCUT2D eigenvalue weighted by Crippen LogP contribution is -2.37. The van der Waals surface area contributed by atoms with Crippen LogP contribution in [0.5, 0.6) is 0 Å². The van der Waals surface area contributed by atoms with Crippen LogP contribution in [0.1, 0.15) is 59.3 Å². The number of rotatable bonds is 11. The Kier molecular flexibility index (Phi) is 10.8. The standard InChI is InChI=1S/C14H30N2O2/c1-4-7-10-16-13(8-5-2)12(6-3)9-11-18-14(15)17/h12-13,16H,4-11H2,1-3H3,(H2,15,17). The van der Waals surface area contributed by atoms with E-state index in [0.29, 0.717) is 18.6 Å². The van der Waals surface area contributed by atoms with Crippen molar-refractivity contribution in [3.05, 3.63) is 0 Å². The summed E-state index contributed by atoms with van der Waals surface area (Å²) in [7, 11) is 0. The molecule has 0 aromatic rings. The van der Waals surface area contributed by atoms with Gasteiger partial charge in [-0.15, -0.1) is 0 Å². The number of nitrogens with two attached hydrogens (primary N) is 1. The van der Waals surface area contributed by atoms with Gasteiger partial charge in [-0.2, -0.15) is 0 Å². The zero-order valence-electron chi connectivity index (χ0n) is 12.2. The summed E-state index contributed by atoms with van der Waals surface area (Å²) in [6.07, 6.45) is 6.11. The summed E-state index contributed by atoms with van der Waals surface area (Å²) in [5.74, 6) is 0.557. The van der Waals surface area contributed by atoms with Gasteiger partial charge in [-0.3, -0.25) is 0 Å². The van der Waals surface area contributed by atoms with Gasteiger partial charge in [-0.05, 0) is 31.7 Å². The highest BCUT2D eigenvalue weighted by molar-refractivity contribution is 5.64. The van der Waals surface area contributed by atoms with Crippen LogP contribution in [-0.2, 0) is 4.74 Å². The van der Waals surface area contributed by atoms with Gasteiger partial charge in [0.2, 0.25) is 0 Å². The molecule has 0 saturated carbocycles. The van der Waals surface area contributed by atoms with E-state index in [2.05, 4.69) is 26.1 Å². The van der Waals surface area contributed by atoms with E-state index in [1.807, 2.05) is 0 Å². The molecule has 2 unspecified atom stereocenters. The topological polar surface area (TPSA) is 64.3 Å². The molecule has 0 fully saturated rings. The van der Waals surface area contributed by atoms with Gasteiger partial charge < -0.3 is 15.8 Å². The van der Waals surface area contributed by atoms with Crippen molar-refractivity contribution in [1.29, 1.82) is 0 Å². The van der Waals surface area contributed by atoms with Crippen molar-refractivity contribution in [3.63, 3.8) is 0 Å². The van der Waals surface area contributed by atoms with Crippen molar-refractivity contribution in [2.24, 2.45) is 11.7 Å². The zero-order chi connectivity index (χ0) is 13.8. The Hall–Kier alpha value is -0.770. The first-order valence-electron chi connectivity index (χ1n) is 7.31. The quantitative estimate of drug-likeness (QED) is 0.560. The van der Waals surface area contributed by atoms with Crippen molar-refractivity contribution in [2.45, 2.75) is 65.3 Å². The molecule has 4 nitrogen and oxygen atoms in total. The van der Waals surface area contributed by atoms with Gasteiger partial charge in [0.1, 0.15) is 0 Å². The second-order valence-corrected chi connectivity index (χ2v) is 4.83. The van der Waals surface area contributed by atoms with Crippen molar-refractivity contribution in [2.75, 3.05) is 13.2 Å². The highest BCUT2D eigenvalue weighted by atomic mass is 16.5. The fourth-order valence-corrected chi connectivity index (χ4v) is 2.28. The molecule has 2 atom stereocenters. The normalized spacial score (nSPS) is 14.2. The van der Waals surface area contributed by atoms with E-state index >= 15 is 0 Å². The van der Waals surface area contributed by atoms with E-state index in [1.54, 1.807) is 0 Å². The number of amides is 1. The van der Waals surface area contributed by atoms with E-state index < -0.39 is 6.09 Å². The Morgan fingerprint density at radius 1 is 1.22 bits per heavy atom. The van der Waals surface area contributed by atoms with Crippen molar-refractivity contribution in [3.8, 4) is 0 Å². The minimum Gasteiger partial charge on any atom is -0.450 e. The molecule has 0 aromatic carbocycles. The van der Waals surface area contributed by atoms with Crippen molar-refractivity contribution in [1.82, 2.24) is 5.32 Å². The number of carbonyl (C=O) groups excluding carboxylic acids is 1. The summed E-state index contributed by atoms with van der Waals surface area (Å²) in [5, 5.41) is 3.64. The highest BCUT2D eigenvalue weighted by Crippen LogP contribution is 2.18. The van der Waals surface area contributed by atoms with Crippen molar-refractivity contribution < 1.29 is 9.53 Å². The Morgan fingerprint density at radius 2 is 1.94 bits per heavy atom. The molecular formula is C14H30N2O2. The summed E-state index contributed by atoms with van der Waals surface area (Å²) in [6, 6.07) is 0.531. The van der Waals surface area contributed by atoms with Gasteiger partial charge in [-0.1, -0.05) is 40.0 Å². The smallest absolute Gasteiger partial charge is 0.404 e. The Balaban J connectivity index is 4.09. The third-order valence-electron chi connectivity index (χ3n) is 3.36. The molecule has 0 radical (unpaired) electrons. The zero-order valence-corrected chi connectivity index (χ0v) is 12.2. The van der Waals surface area contributed by atoms with Crippen LogP contribution in [-0.4, -0.2) is 25.3 Å². The van der Waals surface area contributed by atoms with Crippen LogP contribution < -0.4 is 11.1 Å². The Labute approximate surface area is 112 Å². The average Bonchev–Trinajstić information content (AvgIpc) is 2.34. The molecule has 0 aliphatic carbocycles. The molecule has 108 valence electrons. The number of primary amides is 1. The first-order chi connectivity index (χ1) is 8.65. The predicted octanol–water partition coefficient (Wildman–Crippen LogP) is 3.06. The summed E-state index contributed by atoms with van der Waals surface area (Å²) in [6.45, 7) is 8.12. The molecule has 0 saturated heterocycles. The SMILES string of the molecule is CCCCNC(CCC)C(CC)CCOC(N)=O. The minimum absolute atomic E-state index is 0.434. The molecule has 0 aliphatic rings. The van der Waals surface area contributed by atoms with Crippen LogP contribution in [0.2, 0.25) is 0 Å². The molecule has 3 N–H and O–H groups in total. The van der Waals surface area contributed by atoms with Gasteiger partial charge in [0, 0.05) is 6.04 Å². The Bertz CT molecular complexity index is 210. The van der Waals surface area contributed by atoms with E-state index in [1.165, 1.54) is 25.7 Å². The fraction of sp³-hybridized carbons (Fsp3) is 0.929. The molecule has 1 amide bonds. The largest absolute Gasteiger partial charge is 0.450 e. The van der Waals surface area contributed by atoms with Gasteiger partial charge in [0.25, 0.3) is 0 Å². The third kappa shape index (κ3) is 8.34. The van der Waals surface area contributed by atoms with E-state index in [-0.39, 0.29) is 0 Å². The second-order valence-electron chi connectivity index (χ2n) is 4.83. The summed E-state index contributed by atoms with van der Waals surface area (Å²) in [5.41, 5.74) is 4.98. The van der Waals surface area contributed by atoms with E-state index in [4.69, 9.17) is 10.5 Å². The van der Waals surface area contributed by atoms with E-state index in [0.717, 1.165) is 19.4 Å². The summed E-state index contributed by atoms with van der Waals surface area (Å²) < 4.78 is 4.84. The number of hydrogen-bond donors (Lipinski definition) is 2. The van der Waals surface area contributed by atoms with Crippen LogP contribution in [0.25, 0.3) is 0 Å². The fourth-order valence-electron chi connectivity index (χ4n) is 2.28. The molecular weight excluding hydrogens is 228 g/mol. The van der Waals surface area contributed by atoms with Crippen LogP contribution >= 0.6 is 0 Å². The highest BCUT2D eigenvalue weighted by Gasteiger charge is 2.18. The van der Waals surface area contributed by atoms with E-state index in [9.17, 15) is 4.79 Å². The van der Waals surface area contributed by atoms with Gasteiger partial charge >= 0.3 is 6.09 Å². The number of carbonyl (C=O) groups is 1. The molecule has 18 heavy (non-hydrogen) atoms. The lowest BCUT2D eigenvalue weighted by atomic mass is 9.90. The minimum atomic E-state index is -0.671. The Morgan fingerprint density at radius 3 is 2.44 bits per heavy atom. The monoisotopic (exact) mass is 258 g/mol. The number of nitrogens with one attached hydrogen (secondary N) is 1. The third-order valence-corrected chi connectivity index (χ3v) is 3.36. The van der Waals surface area contributed by atoms with Crippen LogP contribution in [0.15, 0.2) is 0 Å². The summed E-state index contributed by atoms with van der Waals surface area (Å²) in [4.78, 5) is 10.6. The maximum atomic E-state index is 10.6. The van der Waals surface area contributed by atoms with Gasteiger partial charge in [-0.25, -0.2) is 4.79 Å². The lowest BCUT2D eigenvalue weighted by molar-refractivity contribution is 0.142. The second kappa shape index (κ2) is 11.3. The number of ether oxygens (including phenoxy) is 1. The first-order valence-corrected chi connectivity index (χ1v) is 7.31.